The highest BCUT2D eigenvalue weighted by atomic mass is 16.1. The average molecular weight is 374 g/mol. The van der Waals surface area contributed by atoms with Gasteiger partial charge >= 0.3 is 0 Å². The summed E-state index contributed by atoms with van der Waals surface area (Å²) in [6.07, 6.45) is 4.26. The molecular formula is C23H26N4O. The second-order valence-electron chi connectivity index (χ2n) is 7.83. The summed E-state index contributed by atoms with van der Waals surface area (Å²) in [4.78, 5) is 23.2. The molecule has 1 unspecified atom stereocenters. The van der Waals surface area contributed by atoms with E-state index < -0.39 is 0 Å². The number of nitrogens with zero attached hydrogens (tertiary/aromatic N) is 3. The summed E-state index contributed by atoms with van der Waals surface area (Å²) in [5, 5.41) is 4.03. The lowest BCUT2D eigenvalue weighted by molar-refractivity contribution is -0.119. The molecule has 144 valence electrons. The fourth-order valence-corrected chi connectivity index (χ4v) is 4.01. The van der Waals surface area contributed by atoms with Crippen LogP contribution >= 0.6 is 0 Å². The Morgan fingerprint density at radius 3 is 2.79 bits per heavy atom. The van der Waals surface area contributed by atoms with E-state index in [9.17, 15) is 4.79 Å². The molecule has 28 heavy (non-hydrogen) atoms. The highest BCUT2D eigenvalue weighted by Gasteiger charge is 2.21. The van der Waals surface area contributed by atoms with Crippen molar-refractivity contribution in [2.24, 2.45) is 5.92 Å². The van der Waals surface area contributed by atoms with Crippen molar-refractivity contribution < 1.29 is 4.79 Å². The first-order chi connectivity index (χ1) is 13.5. The van der Waals surface area contributed by atoms with Crippen molar-refractivity contribution in [2.45, 2.75) is 26.2 Å². The van der Waals surface area contributed by atoms with Gasteiger partial charge in [0.05, 0.1) is 16.9 Å². The SMILES string of the molecule is Cc1cc(-c2cc3ncccc3c(CCC3CNC(=O)C3)n2)ccc1N(C)C. The summed E-state index contributed by atoms with van der Waals surface area (Å²) in [7, 11) is 4.11. The van der Waals surface area contributed by atoms with Gasteiger partial charge in [-0.1, -0.05) is 6.07 Å². The van der Waals surface area contributed by atoms with Gasteiger partial charge in [0.25, 0.3) is 0 Å². The number of carbonyl (C=O) groups is 1. The predicted octanol–water partition coefficient (Wildman–Crippen LogP) is 3.74. The fraction of sp³-hybridized carbons (Fsp3) is 0.348. The highest BCUT2D eigenvalue weighted by Crippen LogP contribution is 2.29. The maximum atomic E-state index is 11.5. The van der Waals surface area contributed by atoms with Crippen LogP contribution in [-0.4, -0.2) is 36.5 Å². The van der Waals surface area contributed by atoms with Gasteiger partial charge in [0.1, 0.15) is 0 Å². The van der Waals surface area contributed by atoms with Gasteiger partial charge in [-0.05, 0) is 61.6 Å². The first-order valence-corrected chi connectivity index (χ1v) is 9.81. The number of pyridine rings is 2. The second kappa shape index (κ2) is 7.58. The lowest BCUT2D eigenvalue weighted by atomic mass is 9.98. The number of hydrogen-bond donors (Lipinski definition) is 1. The lowest BCUT2D eigenvalue weighted by Crippen LogP contribution is -2.14. The molecule has 0 saturated carbocycles. The number of amides is 1. The van der Waals surface area contributed by atoms with Crippen molar-refractivity contribution in [3.63, 3.8) is 0 Å². The first-order valence-electron chi connectivity index (χ1n) is 9.81. The molecule has 0 aliphatic carbocycles. The smallest absolute Gasteiger partial charge is 0.220 e. The van der Waals surface area contributed by atoms with E-state index >= 15 is 0 Å². The maximum Gasteiger partial charge on any atom is 0.220 e. The largest absolute Gasteiger partial charge is 0.377 e. The minimum absolute atomic E-state index is 0.162. The molecule has 1 aliphatic rings. The number of hydrogen-bond acceptors (Lipinski definition) is 4. The Morgan fingerprint density at radius 1 is 1.21 bits per heavy atom. The van der Waals surface area contributed by atoms with Crippen LogP contribution in [0.2, 0.25) is 0 Å². The van der Waals surface area contributed by atoms with Crippen molar-refractivity contribution in [3.8, 4) is 11.3 Å². The average Bonchev–Trinajstić information content (AvgIpc) is 3.10. The van der Waals surface area contributed by atoms with Gasteiger partial charge in [0, 0.05) is 49.9 Å². The molecule has 0 bridgehead atoms. The van der Waals surface area contributed by atoms with Crippen LogP contribution < -0.4 is 10.2 Å². The minimum atomic E-state index is 0.162. The number of fused-ring (bicyclic) bond motifs is 1. The molecule has 1 saturated heterocycles. The molecule has 0 spiro atoms. The Balaban J connectivity index is 1.69. The lowest BCUT2D eigenvalue weighted by Gasteiger charge is -2.17. The topological polar surface area (TPSA) is 58.1 Å². The molecule has 2 aromatic heterocycles. The third kappa shape index (κ3) is 3.70. The van der Waals surface area contributed by atoms with Crippen LogP contribution in [0.1, 0.15) is 24.1 Å². The van der Waals surface area contributed by atoms with E-state index in [1.807, 2.05) is 12.3 Å². The van der Waals surface area contributed by atoms with Crippen LogP contribution in [0, 0.1) is 12.8 Å². The van der Waals surface area contributed by atoms with E-state index in [0.29, 0.717) is 12.3 Å². The zero-order valence-corrected chi connectivity index (χ0v) is 16.7. The summed E-state index contributed by atoms with van der Waals surface area (Å²) < 4.78 is 0. The molecule has 1 fully saturated rings. The van der Waals surface area contributed by atoms with Crippen LogP contribution in [0.5, 0.6) is 0 Å². The molecule has 1 aliphatic heterocycles. The van der Waals surface area contributed by atoms with Crippen LogP contribution in [0.15, 0.2) is 42.6 Å². The van der Waals surface area contributed by atoms with Crippen molar-refractivity contribution in [1.82, 2.24) is 15.3 Å². The second-order valence-corrected chi connectivity index (χ2v) is 7.83. The zero-order valence-electron chi connectivity index (χ0n) is 16.7. The van der Waals surface area contributed by atoms with E-state index in [2.05, 4.69) is 66.6 Å². The summed E-state index contributed by atoms with van der Waals surface area (Å²) in [6.45, 7) is 2.91. The molecular weight excluding hydrogens is 348 g/mol. The predicted molar refractivity (Wildman–Crippen MR) is 113 cm³/mol. The van der Waals surface area contributed by atoms with Crippen molar-refractivity contribution in [1.29, 1.82) is 0 Å². The van der Waals surface area contributed by atoms with Crippen LogP contribution in [0.25, 0.3) is 22.2 Å². The Hall–Kier alpha value is -2.95. The van der Waals surface area contributed by atoms with E-state index in [4.69, 9.17) is 4.98 Å². The third-order valence-corrected chi connectivity index (χ3v) is 5.50. The number of aryl methyl sites for hydroxylation is 2. The Labute approximate surface area is 165 Å². The number of benzene rings is 1. The van der Waals surface area contributed by atoms with Gasteiger partial charge in [-0.15, -0.1) is 0 Å². The van der Waals surface area contributed by atoms with Gasteiger partial charge in [-0.25, -0.2) is 0 Å². The zero-order chi connectivity index (χ0) is 19.7. The molecule has 5 nitrogen and oxygen atoms in total. The number of anilines is 1. The Kier molecular flexibility index (Phi) is 4.99. The molecule has 3 aromatic rings. The number of rotatable bonds is 5. The van der Waals surface area contributed by atoms with Crippen molar-refractivity contribution in [3.05, 3.63) is 53.9 Å². The summed E-state index contributed by atoms with van der Waals surface area (Å²) in [5.41, 5.74) is 6.53. The molecule has 5 heteroatoms. The van der Waals surface area contributed by atoms with E-state index in [0.717, 1.165) is 47.2 Å². The normalized spacial score (nSPS) is 16.4. The standard InChI is InChI=1S/C23H26N4O/c1-15-11-17(7-9-22(15)27(2)3)20-13-21-18(5-4-10-24-21)19(26-20)8-6-16-12-23(28)25-14-16/h4-5,7,9-11,13,16H,6,8,12,14H2,1-3H3,(H,25,28). The number of nitrogens with one attached hydrogen (secondary N) is 1. The summed E-state index contributed by atoms with van der Waals surface area (Å²) in [6, 6.07) is 12.6. The molecule has 0 radical (unpaired) electrons. The van der Waals surface area contributed by atoms with Crippen LogP contribution in [0.4, 0.5) is 5.69 Å². The minimum Gasteiger partial charge on any atom is -0.377 e. The highest BCUT2D eigenvalue weighted by molar-refractivity contribution is 5.85. The monoisotopic (exact) mass is 374 g/mol. The molecule has 4 rings (SSSR count). The molecule has 1 amide bonds. The fourth-order valence-electron chi connectivity index (χ4n) is 4.01. The summed E-state index contributed by atoms with van der Waals surface area (Å²) in [5.74, 6) is 0.556. The van der Waals surface area contributed by atoms with Gasteiger partial charge in [0.2, 0.25) is 5.91 Å². The molecule has 1 N–H and O–H groups in total. The number of aromatic nitrogens is 2. The Bertz CT molecular complexity index is 1030. The molecule has 1 atom stereocenters. The van der Waals surface area contributed by atoms with E-state index in [1.165, 1.54) is 11.3 Å². The summed E-state index contributed by atoms with van der Waals surface area (Å²) >= 11 is 0. The quantitative estimate of drug-likeness (QED) is 0.739. The number of carbonyl (C=O) groups excluding carboxylic acids is 1. The van der Waals surface area contributed by atoms with Gasteiger partial charge in [0.15, 0.2) is 0 Å². The molecule has 3 heterocycles. The molecule has 1 aromatic carbocycles. The third-order valence-electron chi connectivity index (χ3n) is 5.50. The first kappa shape index (κ1) is 18.4. The Morgan fingerprint density at radius 2 is 2.07 bits per heavy atom. The van der Waals surface area contributed by atoms with Crippen LogP contribution in [-0.2, 0) is 11.2 Å². The van der Waals surface area contributed by atoms with Crippen LogP contribution in [0.3, 0.4) is 0 Å². The van der Waals surface area contributed by atoms with Crippen molar-refractivity contribution in [2.75, 3.05) is 25.5 Å². The van der Waals surface area contributed by atoms with Gasteiger partial charge < -0.3 is 10.2 Å². The van der Waals surface area contributed by atoms with Gasteiger partial charge in [-0.2, -0.15) is 0 Å². The van der Waals surface area contributed by atoms with E-state index in [1.54, 1.807) is 0 Å². The van der Waals surface area contributed by atoms with Gasteiger partial charge in [-0.3, -0.25) is 14.8 Å². The van der Waals surface area contributed by atoms with E-state index in [-0.39, 0.29) is 5.91 Å². The van der Waals surface area contributed by atoms with Crippen molar-refractivity contribution >= 4 is 22.5 Å². The maximum absolute atomic E-state index is 11.5.